The summed E-state index contributed by atoms with van der Waals surface area (Å²) in [6.45, 7) is 0.559. The number of nitrogens with zero attached hydrogens (tertiary/aromatic N) is 1. The molecule has 3 aromatic carbocycles. The molecular formula is C27H26N4O4. The zero-order valence-electron chi connectivity index (χ0n) is 19.7. The highest BCUT2D eigenvalue weighted by Crippen LogP contribution is 2.38. The monoisotopic (exact) mass is 470 g/mol. The third-order valence-electron chi connectivity index (χ3n) is 5.63. The predicted octanol–water partition coefficient (Wildman–Crippen LogP) is 3.57. The zero-order chi connectivity index (χ0) is 25.1. The van der Waals surface area contributed by atoms with Gasteiger partial charge in [0.1, 0.15) is 0 Å². The quantitative estimate of drug-likeness (QED) is 0.359. The Morgan fingerprint density at radius 3 is 2.40 bits per heavy atom. The average Bonchev–Trinajstić information content (AvgIpc) is 3.17. The zero-order valence-corrected chi connectivity index (χ0v) is 19.7. The summed E-state index contributed by atoms with van der Waals surface area (Å²) in [5.41, 5.74) is 10.7. The smallest absolute Gasteiger partial charge is 0.337 e. The molecule has 0 unspecified atom stereocenters. The van der Waals surface area contributed by atoms with E-state index >= 15 is 0 Å². The number of carbonyl (C=O) groups is 3. The van der Waals surface area contributed by atoms with Crippen molar-refractivity contribution >= 4 is 40.4 Å². The van der Waals surface area contributed by atoms with Gasteiger partial charge in [-0.05, 0) is 49.5 Å². The summed E-state index contributed by atoms with van der Waals surface area (Å²) in [5.74, 6) is -1.33. The molecule has 0 fully saturated rings. The highest BCUT2D eigenvalue weighted by Gasteiger charge is 2.29. The molecule has 0 aromatic heterocycles. The number of primary amides is 1. The number of hydrogen-bond acceptors (Lipinski definition) is 6. The molecule has 0 aliphatic carbocycles. The molecule has 35 heavy (non-hydrogen) atoms. The number of methoxy groups -OCH3 is 1. The van der Waals surface area contributed by atoms with Gasteiger partial charge in [-0.3, -0.25) is 9.59 Å². The third kappa shape index (κ3) is 4.92. The molecule has 0 bridgehead atoms. The lowest BCUT2D eigenvalue weighted by Crippen LogP contribution is -2.19. The van der Waals surface area contributed by atoms with E-state index in [0.29, 0.717) is 45.9 Å². The number of benzene rings is 3. The molecular weight excluding hydrogens is 444 g/mol. The molecule has 0 radical (unpaired) electrons. The van der Waals surface area contributed by atoms with Gasteiger partial charge in [0.25, 0.3) is 5.91 Å². The van der Waals surface area contributed by atoms with E-state index in [1.54, 1.807) is 24.3 Å². The summed E-state index contributed by atoms with van der Waals surface area (Å²) in [6.07, 6.45) is 0. The van der Waals surface area contributed by atoms with Crippen LogP contribution in [0.4, 0.5) is 11.4 Å². The Hall–Kier alpha value is -4.43. The van der Waals surface area contributed by atoms with E-state index in [-0.39, 0.29) is 5.91 Å². The molecule has 0 saturated heterocycles. The van der Waals surface area contributed by atoms with Gasteiger partial charge in [0, 0.05) is 23.4 Å². The van der Waals surface area contributed by atoms with Crippen molar-refractivity contribution in [1.29, 1.82) is 0 Å². The summed E-state index contributed by atoms with van der Waals surface area (Å²) >= 11 is 0. The topological polar surface area (TPSA) is 114 Å². The van der Waals surface area contributed by atoms with E-state index in [1.165, 1.54) is 7.11 Å². The lowest BCUT2D eigenvalue weighted by atomic mass is 9.98. The lowest BCUT2D eigenvalue weighted by molar-refractivity contribution is -0.110. The SMILES string of the molecule is COC(=O)c1ccc2c(c1)NC(=O)/C2=C(\Nc1ccc(CN(C)C)c(C(N)=O)c1)c1ccccc1. The molecule has 1 heterocycles. The van der Waals surface area contributed by atoms with Crippen LogP contribution in [-0.4, -0.2) is 43.9 Å². The summed E-state index contributed by atoms with van der Waals surface area (Å²) in [4.78, 5) is 39.2. The first-order valence-corrected chi connectivity index (χ1v) is 11.0. The van der Waals surface area contributed by atoms with E-state index in [1.807, 2.05) is 61.5 Å². The maximum atomic E-state index is 13.1. The molecule has 3 aromatic rings. The summed E-state index contributed by atoms with van der Waals surface area (Å²) in [6, 6.07) is 19.7. The van der Waals surface area contributed by atoms with Gasteiger partial charge in [-0.15, -0.1) is 0 Å². The normalized spacial score (nSPS) is 13.8. The summed E-state index contributed by atoms with van der Waals surface area (Å²) in [7, 11) is 5.13. The number of fused-ring (bicyclic) bond motifs is 1. The van der Waals surface area contributed by atoms with Gasteiger partial charge in [-0.2, -0.15) is 0 Å². The first-order chi connectivity index (χ1) is 16.8. The van der Waals surface area contributed by atoms with Gasteiger partial charge in [-0.25, -0.2) is 4.79 Å². The Morgan fingerprint density at radius 2 is 1.74 bits per heavy atom. The van der Waals surface area contributed by atoms with E-state index in [0.717, 1.165) is 11.1 Å². The van der Waals surface area contributed by atoms with Crippen molar-refractivity contribution in [3.8, 4) is 0 Å². The second-order valence-corrected chi connectivity index (χ2v) is 8.42. The van der Waals surface area contributed by atoms with Crippen molar-refractivity contribution in [3.05, 3.63) is 94.5 Å². The van der Waals surface area contributed by atoms with Crippen molar-refractivity contribution in [1.82, 2.24) is 4.90 Å². The number of carbonyl (C=O) groups excluding carboxylic acids is 3. The van der Waals surface area contributed by atoms with Crippen LogP contribution in [0.2, 0.25) is 0 Å². The lowest BCUT2D eigenvalue weighted by Gasteiger charge is -2.17. The number of rotatable bonds is 7. The maximum absolute atomic E-state index is 13.1. The molecule has 1 aliphatic heterocycles. The maximum Gasteiger partial charge on any atom is 0.337 e. The third-order valence-corrected chi connectivity index (χ3v) is 5.63. The average molecular weight is 471 g/mol. The predicted molar refractivity (Wildman–Crippen MR) is 136 cm³/mol. The van der Waals surface area contributed by atoms with E-state index in [4.69, 9.17) is 10.5 Å². The number of nitrogens with one attached hydrogen (secondary N) is 2. The van der Waals surface area contributed by atoms with E-state index < -0.39 is 11.9 Å². The second-order valence-electron chi connectivity index (χ2n) is 8.42. The fraction of sp³-hybridized carbons (Fsp3) is 0.148. The van der Waals surface area contributed by atoms with Crippen LogP contribution in [-0.2, 0) is 16.1 Å². The fourth-order valence-electron chi connectivity index (χ4n) is 4.06. The molecule has 2 amide bonds. The standard InChI is InChI=1S/C27H26N4O4/c1-31(2)15-18-9-11-19(14-21(18)25(28)32)29-24(16-7-5-4-6-8-16)23-20-12-10-17(27(34)35-3)13-22(20)30-26(23)33/h4-14,29H,15H2,1-3H3,(H2,28,32)(H,30,33)/b24-23-. The van der Waals surface area contributed by atoms with Crippen LogP contribution in [0.15, 0.2) is 66.7 Å². The summed E-state index contributed by atoms with van der Waals surface area (Å²) < 4.78 is 4.79. The Kier molecular flexibility index (Phi) is 6.66. The molecule has 0 saturated carbocycles. The van der Waals surface area contributed by atoms with Gasteiger partial charge in [0.05, 0.1) is 29.6 Å². The van der Waals surface area contributed by atoms with Crippen LogP contribution < -0.4 is 16.4 Å². The van der Waals surface area contributed by atoms with Crippen LogP contribution in [0.1, 0.15) is 37.4 Å². The number of esters is 1. The minimum absolute atomic E-state index is 0.312. The van der Waals surface area contributed by atoms with Crippen LogP contribution >= 0.6 is 0 Å². The van der Waals surface area contributed by atoms with Crippen molar-refractivity contribution in [2.45, 2.75) is 6.54 Å². The van der Waals surface area contributed by atoms with Gasteiger partial charge >= 0.3 is 5.97 Å². The Labute approximate surface area is 203 Å². The van der Waals surface area contributed by atoms with Gasteiger partial charge in [0.2, 0.25) is 5.91 Å². The number of nitrogens with two attached hydrogens (primary N) is 1. The Balaban J connectivity index is 1.84. The second kappa shape index (κ2) is 9.82. The van der Waals surface area contributed by atoms with Crippen molar-refractivity contribution in [3.63, 3.8) is 0 Å². The van der Waals surface area contributed by atoms with Crippen LogP contribution in [0, 0.1) is 0 Å². The molecule has 4 N–H and O–H groups in total. The highest BCUT2D eigenvalue weighted by atomic mass is 16.5. The highest BCUT2D eigenvalue weighted by molar-refractivity contribution is 6.37. The summed E-state index contributed by atoms with van der Waals surface area (Å²) in [5, 5.41) is 6.18. The fourth-order valence-corrected chi connectivity index (χ4v) is 4.06. The van der Waals surface area contributed by atoms with Crippen LogP contribution in [0.3, 0.4) is 0 Å². The molecule has 4 rings (SSSR count). The van der Waals surface area contributed by atoms with E-state index in [2.05, 4.69) is 10.6 Å². The minimum atomic E-state index is -0.529. The number of hydrogen-bond donors (Lipinski definition) is 3. The first kappa shape index (κ1) is 23.7. The van der Waals surface area contributed by atoms with Crippen molar-refractivity contribution in [2.24, 2.45) is 5.73 Å². The minimum Gasteiger partial charge on any atom is -0.465 e. The van der Waals surface area contributed by atoms with Gasteiger partial charge in [-0.1, -0.05) is 42.5 Å². The Bertz CT molecular complexity index is 1350. The van der Waals surface area contributed by atoms with Gasteiger partial charge in [0.15, 0.2) is 0 Å². The first-order valence-electron chi connectivity index (χ1n) is 11.0. The molecule has 0 atom stereocenters. The largest absolute Gasteiger partial charge is 0.465 e. The molecule has 8 nitrogen and oxygen atoms in total. The number of ether oxygens (including phenoxy) is 1. The molecule has 8 heteroatoms. The van der Waals surface area contributed by atoms with Crippen molar-refractivity contribution < 1.29 is 19.1 Å². The van der Waals surface area contributed by atoms with Crippen LogP contribution in [0.5, 0.6) is 0 Å². The number of anilines is 2. The molecule has 1 aliphatic rings. The van der Waals surface area contributed by atoms with E-state index in [9.17, 15) is 14.4 Å². The van der Waals surface area contributed by atoms with Crippen LogP contribution in [0.25, 0.3) is 11.3 Å². The molecule has 178 valence electrons. The van der Waals surface area contributed by atoms with Crippen molar-refractivity contribution in [2.75, 3.05) is 31.8 Å². The molecule has 0 spiro atoms. The van der Waals surface area contributed by atoms with Gasteiger partial charge < -0.3 is 26.0 Å². The number of amides is 2. The Morgan fingerprint density at radius 1 is 1.00 bits per heavy atom.